The molecule has 2 heterocycles. The Labute approximate surface area is 118 Å². The molecule has 0 radical (unpaired) electrons. The summed E-state index contributed by atoms with van der Waals surface area (Å²) in [5.74, 6) is 6.05. The summed E-state index contributed by atoms with van der Waals surface area (Å²) >= 11 is 0. The quantitative estimate of drug-likeness (QED) is 0.522. The maximum absolute atomic E-state index is 5.63. The van der Waals surface area contributed by atoms with E-state index in [1.54, 1.807) is 0 Å². The van der Waals surface area contributed by atoms with Crippen LogP contribution in [0.4, 0.5) is 11.9 Å². The number of nitrogens with one attached hydrogen (secondary N) is 2. The first-order valence-corrected chi connectivity index (χ1v) is 6.86. The van der Waals surface area contributed by atoms with Gasteiger partial charge in [0.15, 0.2) is 0 Å². The third-order valence-corrected chi connectivity index (χ3v) is 2.96. The van der Waals surface area contributed by atoms with Gasteiger partial charge in [-0.15, -0.1) is 0 Å². The number of hydrogen-bond donors (Lipinski definition) is 3. The Balaban J connectivity index is 2.08. The number of aromatic nitrogens is 3. The third-order valence-electron chi connectivity index (χ3n) is 2.96. The van der Waals surface area contributed by atoms with Gasteiger partial charge in [-0.25, -0.2) is 5.84 Å². The van der Waals surface area contributed by atoms with Gasteiger partial charge in [0, 0.05) is 6.61 Å². The smallest absolute Gasteiger partial charge is 0.323 e. The predicted molar refractivity (Wildman–Crippen MR) is 75.5 cm³/mol. The molecule has 4 N–H and O–H groups in total. The van der Waals surface area contributed by atoms with Crippen molar-refractivity contribution in [3.05, 3.63) is 0 Å². The number of hydrogen-bond acceptors (Lipinski definition) is 8. The van der Waals surface area contributed by atoms with Crippen molar-refractivity contribution < 1.29 is 9.47 Å². The molecule has 20 heavy (non-hydrogen) atoms. The zero-order chi connectivity index (χ0) is 14.5. The third kappa shape index (κ3) is 3.91. The number of hydrazine groups is 1. The van der Waals surface area contributed by atoms with Gasteiger partial charge in [0.25, 0.3) is 0 Å². The lowest BCUT2D eigenvalue weighted by Crippen LogP contribution is -2.31. The van der Waals surface area contributed by atoms with Gasteiger partial charge in [-0.3, -0.25) is 5.43 Å². The van der Waals surface area contributed by atoms with Crippen LogP contribution in [-0.4, -0.2) is 39.8 Å². The molecule has 1 aliphatic heterocycles. The molecule has 0 aromatic carbocycles. The maximum Gasteiger partial charge on any atom is 0.323 e. The Bertz CT molecular complexity index is 436. The van der Waals surface area contributed by atoms with Crippen molar-refractivity contribution in [2.75, 3.05) is 17.3 Å². The van der Waals surface area contributed by atoms with Crippen molar-refractivity contribution in [1.82, 2.24) is 15.0 Å². The second kappa shape index (κ2) is 6.67. The topological polar surface area (TPSA) is 107 Å². The van der Waals surface area contributed by atoms with E-state index in [2.05, 4.69) is 25.7 Å². The Kier molecular flexibility index (Phi) is 4.91. The van der Waals surface area contributed by atoms with Crippen LogP contribution in [0.2, 0.25) is 0 Å². The largest absolute Gasteiger partial charge is 0.461 e. The van der Waals surface area contributed by atoms with Gasteiger partial charge < -0.3 is 14.8 Å². The summed E-state index contributed by atoms with van der Waals surface area (Å²) < 4.78 is 11.1. The van der Waals surface area contributed by atoms with E-state index in [4.69, 9.17) is 15.3 Å². The number of ether oxygens (including phenoxy) is 2. The minimum absolute atomic E-state index is 0.0218. The first kappa shape index (κ1) is 14.7. The summed E-state index contributed by atoms with van der Waals surface area (Å²) in [4.78, 5) is 12.4. The van der Waals surface area contributed by atoms with Crippen LogP contribution in [0.15, 0.2) is 0 Å². The van der Waals surface area contributed by atoms with Crippen molar-refractivity contribution >= 4 is 11.9 Å². The molecule has 1 saturated heterocycles. The molecule has 0 amide bonds. The lowest BCUT2D eigenvalue weighted by Gasteiger charge is -2.20. The molecule has 2 atom stereocenters. The van der Waals surface area contributed by atoms with Crippen LogP contribution in [0.1, 0.15) is 33.6 Å². The molecule has 2 rings (SSSR count). The number of anilines is 2. The summed E-state index contributed by atoms with van der Waals surface area (Å²) in [6.07, 6.45) is 2.28. The lowest BCUT2D eigenvalue weighted by atomic mass is 10.1. The Morgan fingerprint density at radius 3 is 2.60 bits per heavy atom. The molecule has 8 nitrogen and oxygen atoms in total. The second-order valence-electron chi connectivity index (χ2n) is 5.06. The van der Waals surface area contributed by atoms with Crippen LogP contribution in [0, 0.1) is 0 Å². The average molecular weight is 282 g/mol. The molecule has 8 heteroatoms. The van der Waals surface area contributed by atoms with Gasteiger partial charge in [0.2, 0.25) is 11.9 Å². The molecule has 0 saturated carbocycles. The molecule has 0 spiro atoms. The fourth-order valence-corrected chi connectivity index (χ4v) is 2.04. The zero-order valence-corrected chi connectivity index (χ0v) is 12.1. The Morgan fingerprint density at radius 2 is 2.00 bits per heavy atom. The molecule has 1 aromatic rings. The SMILES string of the molecule is CC(C)Oc1nc(NN)nc(NC(C)C2CCCO2)n1. The molecule has 1 aromatic heterocycles. The van der Waals surface area contributed by atoms with Crippen molar-refractivity contribution in [2.45, 2.75) is 51.9 Å². The molecule has 0 bridgehead atoms. The zero-order valence-electron chi connectivity index (χ0n) is 12.1. The normalized spacial score (nSPS) is 19.9. The molecule has 1 fully saturated rings. The van der Waals surface area contributed by atoms with Gasteiger partial charge in [0.05, 0.1) is 18.2 Å². The maximum atomic E-state index is 5.63. The van der Waals surface area contributed by atoms with Crippen molar-refractivity contribution in [1.29, 1.82) is 0 Å². The highest BCUT2D eigenvalue weighted by atomic mass is 16.5. The van der Waals surface area contributed by atoms with Crippen molar-refractivity contribution in [2.24, 2.45) is 5.84 Å². The number of nitrogen functional groups attached to an aromatic ring is 1. The van der Waals surface area contributed by atoms with Crippen LogP contribution in [0.3, 0.4) is 0 Å². The average Bonchev–Trinajstić information content (AvgIpc) is 2.91. The number of nitrogens with two attached hydrogens (primary N) is 1. The summed E-state index contributed by atoms with van der Waals surface area (Å²) in [5, 5.41) is 3.21. The van der Waals surface area contributed by atoms with Crippen LogP contribution in [0.5, 0.6) is 6.01 Å². The molecule has 0 aliphatic carbocycles. The van der Waals surface area contributed by atoms with Crippen molar-refractivity contribution in [3.63, 3.8) is 0 Å². The van der Waals surface area contributed by atoms with E-state index >= 15 is 0 Å². The summed E-state index contributed by atoms with van der Waals surface area (Å²) in [5.41, 5.74) is 2.41. The summed E-state index contributed by atoms with van der Waals surface area (Å²) in [6.45, 7) is 6.66. The standard InChI is InChI=1S/C12H22N6O2/c1-7(2)20-12-16-10(15-11(17-12)18-13)14-8(3)9-5-4-6-19-9/h7-9H,4-6,13H2,1-3H3,(H2,14,15,16,17,18). The monoisotopic (exact) mass is 282 g/mol. The minimum Gasteiger partial charge on any atom is -0.461 e. The van der Waals surface area contributed by atoms with Crippen LogP contribution >= 0.6 is 0 Å². The van der Waals surface area contributed by atoms with E-state index in [1.165, 1.54) is 0 Å². The molecular weight excluding hydrogens is 260 g/mol. The van der Waals surface area contributed by atoms with E-state index in [0.29, 0.717) is 5.95 Å². The van der Waals surface area contributed by atoms with E-state index in [9.17, 15) is 0 Å². The van der Waals surface area contributed by atoms with E-state index in [0.717, 1.165) is 19.4 Å². The Hall–Kier alpha value is -1.67. The van der Waals surface area contributed by atoms with E-state index in [-0.39, 0.29) is 30.2 Å². The first-order valence-electron chi connectivity index (χ1n) is 6.86. The highest BCUT2D eigenvalue weighted by Gasteiger charge is 2.23. The Morgan fingerprint density at radius 1 is 1.25 bits per heavy atom. The number of rotatable bonds is 6. The first-order chi connectivity index (χ1) is 9.58. The summed E-state index contributed by atoms with van der Waals surface area (Å²) in [6, 6.07) is 0.349. The lowest BCUT2D eigenvalue weighted by molar-refractivity contribution is 0.0994. The predicted octanol–water partition coefficient (Wildman–Crippen LogP) is 0.924. The molecule has 1 aliphatic rings. The highest BCUT2D eigenvalue weighted by Crippen LogP contribution is 2.19. The van der Waals surface area contributed by atoms with E-state index < -0.39 is 0 Å². The van der Waals surface area contributed by atoms with Crippen LogP contribution < -0.4 is 21.3 Å². The van der Waals surface area contributed by atoms with Gasteiger partial charge >= 0.3 is 6.01 Å². The van der Waals surface area contributed by atoms with Crippen LogP contribution in [0.25, 0.3) is 0 Å². The van der Waals surface area contributed by atoms with Gasteiger partial charge in [0.1, 0.15) is 0 Å². The van der Waals surface area contributed by atoms with E-state index in [1.807, 2.05) is 20.8 Å². The van der Waals surface area contributed by atoms with Gasteiger partial charge in [-0.05, 0) is 33.6 Å². The fraction of sp³-hybridized carbons (Fsp3) is 0.750. The summed E-state index contributed by atoms with van der Waals surface area (Å²) in [7, 11) is 0. The number of nitrogens with zero attached hydrogens (tertiary/aromatic N) is 3. The minimum atomic E-state index is -0.0218. The van der Waals surface area contributed by atoms with Crippen LogP contribution in [-0.2, 0) is 4.74 Å². The molecule has 2 unspecified atom stereocenters. The van der Waals surface area contributed by atoms with Gasteiger partial charge in [-0.2, -0.15) is 15.0 Å². The molecular formula is C12H22N6O2. The molecule has 112 valence electrons. The fourth-order valence-electron chi connectivity index (χ4n) is 2.04. The second-order valence-corrected chi connectivity index (χ2v) is 5.06. The van der Waals surface area contributed by atoms with Crippen molar-refractivity contribution in [3.8, 4) is 6.01 Å². The highest BCUT2D eigenvalue weighted by molar-refractivity contribution is 5.35. The van der Waals surface area contributed by atoms with Gasteiger partial charge in [-0.1, -0.05) is 0 Å².